The number of carbonyl (C=O) groups is 2. The lowest BCUT2D eigenvalue weighted by atomic mass is 9.98. The average Bonchev–Trinajstić information content (AvgIpc) is 2.69. The molecule has 0 saturated heterocycles. The molecule has 1 amide bonds. The van der Waals surface area contributed by atoms with Crippen molar-refractivity contribution in [2.45, 2.75) is 59.1 Å². The Labute approximate surface area is 179 Å². The van der Waals surface area contributed by atoms with Crippen LogP contribution in [-0.2, 0) is 24.2 Å². The van der Waals surface area contributed by atoms with Gasteiger partial charge in [-0.15, -0.1) is 0 Å². The Hall–Kier alpha value is -2.94. The van der Waals surface area contributed by atoms with Crippen LogP contribution in [0.25, 0.3) is 0 Å². The van der Waals surface area contributed by atoms with E-state index in [4.69, 9.17) is 4.74 Å². The van der Waals surface area contributed by atoms with Gasteiger partial charge >= 0.3 is 0 Å². The van der Waals surface area contributed by atoms with Gasteiger partial charge in [-0.3, -0.25) is 14.6 Å². The first kappa shape index (κ1) is 24.3. The fraction of sp³-hybridized carbons (Fsp3) is 0.455. The summed E-state index contributed by atoms with van der Waals surface area (Å²) in [5.41, 5.74) is 1.18. The minimum Gasteiger partial charge on any atom is -0.471 e. The highest BCUT2D eigenvalue weighted by Crippen LogP contribution is 2.18. The lowest BCUT2D eigenvalue weighted by Gasteiger charge is -2.15. The summed E-state index contributed by atoms with van der Waals surface area (Å²) in [7, 11) is 0. The first-order chi connectivity index (χ1) is 14.5. The lowest BCUT2D eigenvalue weighted by molar-refractivity contribution is -0.133. The minimum absolute atomic E-state index is 0.0880. The second-order valence-electron chi connectivity index (χ2n) is 7.69. The van der Waals surface area contributed by atoms with E-state index in [1.54, 1.807) is 19.1 Å². The van der Waals surface area contributed by atoms with Crippen LogP contribution in [0.3, 0.4) is 0 Å². The third-order valence-corrected chi connectivity index (χ3v) is 4.45. The van der Waals surface area contributed by atoms with Crippen LogP contribution in [0.1, 0.15) is 53.6 Å². The number of hydrogen-bond donors (Lipinski definition) is 2. The number of aryl methyl sites for hydroxylation is 2. The molecule has 0 fully saturated rings. The van der Waals surface area contributed by atoms with Crippen molar-refractivity contribution in [3.8, 4) is 5.88 Å². The molecule has 0 aliphatic rings. The number of hydrogen-bond acceptors (Lipinski definition) is 6. The van der Waals surface area contributed by atoms with Gasteiger partial charge in [-0.05, 0) is 51.0 Å². The second-order valence-corrected chi connectivity index (χ2v) is 7.69. The first-order valence-electron chi connectivity index (χ1n) is 9.89. The molecule has 7 nitrogen and oxygen atoms in total. The van der Waals surface area contributed by atoms with E-state index in [9.17, 15) is 23.5 Å². The van der Waals surface area contributed by atoms with Gasteiger partial charge < -0.3 is 15.2 Å². The van der Waals surface area contributed by atoms with Crippen LogP contribution in [0, 0.1) is 6.92 Å². The molecular weight excluding hydrogens is 408 g/mol. The van der Waals surface area contributed by atoms with Gasteiger partial charge in [0.2, 0.25) is 5.88 Å². The van der Waals surface area contributed by atoms with Crippen LogP contribution < -0.4 is 10.1 Å². The van der Waals surface area contributed by atoms with Gasteiger partial charge in [0.25, 0.3) is 12.3 Å². The average molecular weight is 435 g/mol. The fourth-order valence-electron chi connectivity index (χ4n) is 2.79. The van der Waals surface area contributed by atoms with Crippen LogP contribution in [0.5, 0.6) is 5.88 Å². The number of rotatable bonds is 10. The Bertz CT molecular complexity index is 943. The Morgan fingerprint density at radius 1 is 1.26 bits per heavy atom. The summed E-state index contributed by atoms with van der Waals surface area (Å²) in [5.74, 6) is -0.605. The summed E-state index contributed by atoms with van der Waals surface area (Å²) in [5, 5.41) is 12.6. The van der Waals surface area contributed by atoms with Gasteiger partial charge in [-0.25, -0.2) is 13.8 Å². The molecule has 2 rings (SSSR count). The molecule has 2 aromatic heterocycles. The third kappa shape index (κ3) is 7.36. The van der Waals surface area contributed by atoms with Gasteiger partial charge in [-0.1, -0.05) is 6.92 Å². The highest BCUT2D eigenvalue weighted by Gasteiger charge is 2.24. The van der Waals surface area contributed by atoms with E-state index in [1.165, 1.54) is 26.1 Å². The van der Waals surface area contributed by atoms with E-state index in [1.807, 2.05) is 6.92 Å². The molecular formula is C22H27F2N3O4. The zero-order valence-electron chi connectivity index (χ0n) is 18.0. The normalized spacial score (nSPS) is 11.5. The predicted molar refractivity (Wildman–Crippen MR) is 110 cm³/mol. The number of pyridine rings is 2. The van der Waals surface area contributed by atoms with E-state index in [0.717, 1.165) is 0 Å². The molecule has 31 heavy (non-hydrogen) atoms. The number of halogens is 2. The summed E-state index contributed by atoms with van der Waals surface area (Å²) in [6.07, 6.45) is -0.672. The smallest absolute Gasteiger partial charge is 0.272 e. The monoisotopic (exact) mass is 435 g/mol. The molecule has 168 valence electrons. The van der Waals surface area contributed by atoms with E-state index in [-0.39, 0.29) is 24.8 Å². The number of ketones is 1. The van der Waals surface area contributed by atoms with Crippen molar-refractivity contribution in [1.29, 1.82) is 0 Å². The van der Waals surface area contributed by atoms with Gasteiger partial charge in [0.15, 0.2) is 12.4 Å². The number of nitrogens with one attached hydrogen (secondary N) is 1. The maximum absolute atomic E-state index is 12.6. The van der Waals surface area contributed by atoms with Crippen molar-refractivity contribution in [2.24, 2.45) is 0 Å². The number of Topliss-reactive ketones (excluding diaryl/α,β-unsaturated/α-hetero) is 1. The van der Waals surface area contributed by atoms with Crippen molar-refractivity contribution in [3.63, 3.8) is 0 Å². The third-order valence-electron chi connectivity index (χ3n) is 4.45. The van der Waals surface area contributed by atoms with Crippen molar-refractivity contribution in [2.75, 3.05) is 6.61 Å². The fourth-order valence-corrected chi connectivity index (χ4v) is 2.79. The zero-order valence-corrected chi connectivity index (χ0v) is 18.0. The van der Waals surface area contributed by atoms with E-state index >= 15 is 0 Å². The Morgan fingerprint density at radius 3 is 2.58 bits per heavy atom. The standard InChI is InChI=1S/C22H27F2N3O4/c1-5-15-7-14(11-26-21(15)31-12-19(23)24)10-25-20(29)16-6-13(2)27-17(8-16)9-18(28)22(3,4)30/h6-8,11,19,30H,5,9-10,12H2,1-4H3,(H,25,29). The molecule has 2 aromatic rings. The molecule has 9 heteroatoms. The van der Waals surface area contributed by atoms with Crippen molar-refractivity contribution < 1.29 is 28.2 Å². The maximum Gasteiger partial charge on any atom is 0.272 e. The molecule has 2 heterocycles. The molecule has 0 atom stereocenters. The van der Waals surface area contributed by atoms with E-state index in [2.05, 4.69) is 15.3 Å². The molecule has 0 unspecified atom stereocenters. The molecule has 0 aliphatic carbocycles. The minimum atomic E-state index is -2.59. The number of ether oxygens (including phenoxy) is 1. The molecule has 0 aromatic carbocycles. The molecule has 0 spiro atoms. The van der Waals surface area contributed by atoms with Crippen LogP contribution in [0.2, 0.25) is 0 Å². The largest absolute Gasteiger partial charge is 0.471 e. The zero-order chi connectivity index (χ0) is 23.2. The number of carbonyl (C=O) groups excluding carboxylic acids is 2. The SMILES string of the molecule is CCc1cc(CNC(=O)c2cc(C)nc(CC(=O)C(C)(C)O)c2)cnc1OCC(F)F. The number of aliphatic hydroxyl groups is 1. The Morgan fingerprint density at radius 2 is 1.97 bits per heavy atom. The highest BCUT2D eigenvalue weighted by atomic mass is 19.3. The lowest BCUT2D eigenvalue weighted by Crippen LogP contribution is -2.33. The van der Waals surface area contributed by atoms with Crippen LogP contribution in [0.15, 0.2) is 24.4 Å². The van der Waals surface area contributed by atoms with E-state index in [0.29, 0.717) is 34.5 Å². The van der Waals surface area contributed by atoms with Crippen LogP contribution in [0.4, 0.5) is 8.78 Å². The summed E-state index contributed by atoms with van der Waals surface area (Å²) >= 11 is 0. The van der Waals surface area contributed by atoms with Crippen molar-refractivity contribution >= 4 is 11.7 Å². The Kier molecular flexibility index (Phi) is 8.15. The number of aromatic nitrogens is 2. The summed E-state index contributed by atoms with van der Waals surface area (Å²) < 4.78 is 29.7. The predicted octanol–water partition coefficient (Wildman–Crippen LogP) is 2.80. The van der Waals surface area contributed by atoms with Crippen LogP contribution in [-0.4, -0.2) is 45.4 Å². The number of nitrogens with zero attached hydrogens (tertiary/aromatic N) is 2. The quantitative estimate of drug-likeness (QED) is 0.595. The van der Waals surface area contributed by atoms with Gasteiger partial charge in [0.1, 0.15) is 5.60 Å². The topological polar surface area (TPSA) is 101 Å². The number of amides is 1. The summed E-state index contributed by atoms with van der Waals surface area (Å²) in [6, 6.07) is 4.87. The molecule has 0 bridgehead atoms. The van der Waals surface area contributed by atoms with Gasteiger partial charge in [0, 0.05) is 35.3 Å². The molecule has 0 saturated carbocycles. The van der Waals surface area contributed by atoms with Gasteiger partial charge in [-0.2, -0.15) is 0 Å². The summed E-state index contributed by atoms with van der Waals surface area (Å²) in [4.78, 5) is 33.0. The first-order valence-corrected chi connectivity index (χ1v) is 9.89. The molecule has 0 radical (unpaired) electrons. The van der Waals surface area contributed by atoms with E-state index < -0.39 is 24.4 Å². The maximum atomic E-state index is 12.6. The molecule has 2 N–H and O–H groups in total. The van der Waals surface area contributed by atoms with Crippen molar-refractivity contribution in [3.05, 3.63) is 52.5 Å². The highest BCUT2D eigenvalue weighted by molar-refractivity contribution is 5.95. The molecule has 0 aliphatic heterocycles. The number of alkyl halides is 2. The second kappa shape index (κ2) is 10.4. The summed E-state index contributed by atoms with van der Waals surface area (Å²) in [6.45, 7) is 5.82. The Balaban J connectivity index is 2.08. The van der Waals surface area contributed by atoms with Crippen molar-refractivity contribution in [1.82, 2.24) is 15.3 Å². The van der Waals surface area contributed by atoms with Gasteiger partial charge in [0.05, 0.1) is 6.42 Å². The van der Waals surface area contributed by atoms with Crippen LogP contribution >= 0.6 is 0 Å².